The number of carbonyl (C=O) groups is 1. The van der Waals surface area contributed by atoms with Gasteiger partial charge in [-0.3, -0.25) is 4.79 Å². The Morgan fingerprint density at radius 1 is 1.39 bits per heavy atom. The lowest BCUT2D eigenvalue weighted by atomic mass is 9.88. The van der Waals surface area contributed by atoms with E-state index in [1.807, 2.05) is 24.3 Å². The summed E-state index contributed by atoms with van der Waals surface area (Å²) in [4.78, 5) is 11.3. The molecule has 1 rings (SSSR count). The molecule has 100 valence electrons. The minimum Gasteiger partial charge on any atom is -0.481 e. The molecule has 18 heavy (non-hydrogen) atoms. The van der Waals surface area contributed by atoms with Crippen LogP contribution >= 0.6 is 15.9 Å². The van der Waals surface area contributed by atoms with Crippen LogP contribution in [0.5, 0.6) is 0 Å². The van der Waals surface area contributed by atoms with Crippen LogP contribution in [0.2, 0.25) is 0 Å². The van der Waals surface area contributed by atoms with Gasteiger partial charge < -0.3 is 5.11 Å². The summed E-state index contributed by atoms with van der Waals surface area (Å²) in [6, 6.07) is 7.85. The fraction of sp³-hybridized carbons (Fsp3) is 0.533. The Hall–Kier alpha value is -0.830. The van der Waals surface area contributed by atoms with Gasteiger partial charge in [-0.2, -0.15) is 0 Å². The third-order valence-electron chi connectivity index (χ3n) is 3.24. The van der Waals surface area contributed by atoms with Gasteiger partial charge in [-0.15, -0.1) is 0 Å². The standard InChI is InChI=1S/C15H21BrO2/c1-3-6-11(2)9-13(15(17)18)10-12-7-4-5-8-14(12)16/h4-5,7-8,11,13H,3,6,9-10H2,1-2H3,(H,17,18). The zero-order valence-electron chi connectivity index (χ0n) is 11.0. The summed E-state index contributed by atoms with van der Waals surface area (Å²) < 4.78 is 0.999. The Morgan fingerprint density at radius 2 is 2.06 bits per heavy atom. The third kappa shape index (κ3) is 4.81. The van der Waals surface area contributed by atoms with E-state index in [1.165, 1.54) is 0 Å². The van der Waals surface area contributed by atoms with E-state index < -0.39 is 5.97 Å². The first-order valence-corrected chi connectivity index (χ1v) is 7.30. The average Bonchev–Trinajstić information content (AvgIpc) is 2.31. The molecular formula is C15H21BrO2. The van der Waals surface area contributed by atoms with Gasteiger partial charge in [-0.25, -0.2) is 0 Å². The number of hydrogen-bond acceptors (Lipinski definition) is 1. The third-order valence-corrected chi connectivity index (χ3v) is 4.02. The molecule has 2 atom stereocenters. The number of halogens is 1. The molecule has 0 aromatic heterocycles. The normalized spacial score (nSPS) is 14.2. The highest BCUT2D eigenvalue weighted by Crippen LogP contribution is 2.24. The Bertz CT molecular complexity index is 390. The number of carboxylic acid groups (broad SMARTS) is 1. The van der Waals surface area contributed by atoms with Crippen LogP contribution in [-0.2, 0) is 11.2 Å². The molecule has 1 aromatic rings. The van der Waals surface area contributed by atoms with E-state index in [-0.39, 0.29) is 5.92 Å². The second-order valence-corrected chi connectivity index (χ2v) is 5.81. The van der Waals surface area contributed by atoms with Crippen LogP contribution in [0.3, 0.4) is 0 Å². The van der Waals surface area contributed by atoms with Crippen molar-refractivity contribution in [1.29, 1.82) is 0 Å². The minimum atomic E-state index is -0.686. The SMILES string of the molecule is CCCC(C)CC(Cc1ccccc1Br)C(=O)O. The summed E-state index contributed by atoms with van der Waals surface area (Å²) in [6.07, 6.45) is 3.57. The fourth-order valence-corrected chi connectivity index (χ4v) is 2.74. The van der Waals surface area contributed by atoms with Crippen LogP contribution in [0.15, 0.2) is 28.7 Å². The summed E-state index contributed by atoms with van der Waals surface area (Å²) in [5, 5.41) is 9.33. The predicted molar refractivity (Wildman–Crippen MR) is 77.7 cm³/mol. The molecule has 0 aliphatic rings. The smallest absolute Gasteiger partial charge is 0.306 e. The van der Waals surface area contributed by atoms with Crippen molar-refractivity contribution in [2.45, 2.75) is 39.5 Å². The largest absolute Gasteiger partial charge is 0.481 e. The fourth-order valence-electron chi connectivity index (χ4n) is 2.30. The van der Waals surface area contributed by atoms with Crippen LogP contribution in [0.4, 0.5) is 0 Å². The highest BCUT2D eigenvalue weighted by Gasteiger charge is 2.21. The summed E-state index contributed by atoms with van der Waals surface area (Å²) in [5.74, 6) is -0.502. The van der Waals surface area contributed by atoms with Crippen LogP contribution in [0, 0.1) is 11.8 Å². The van der Waals surface area contributed by atoms with E-state index >= 15 is 0 Å². The molecule has 0 aliphatic heterocycles. The molecule has 0 aliphatic carbocycles. The van der Waals surface area contributed by atoms with Crippen LogP contribution < -0.4 is 0 Å². The highest BCUT2D eigenvalue weighted by molar-refractivity contribution is 9.10. The van der Waals surface area contributed by atoms with Crippen LogP contribution in [0.1, 0.15) is 38.7 Å². The van der Waals surface area contributed by atoms with Gasteiger partial charge in [0.1, 0.15) is 0 Å². The maximum atomic E-state index is 11.3. The molecule has 0 saturated carbocycles. The Balaban J connectivity index is 2.69. The number of benzene rings is 1. The van der Waals surface area contributed by atoms with Gasteiger partial charge in [-0.1, -0.05) is 60.8 Å². The Morgan fingerprint density at radius 3 is 2.61 bits per heavy atom. The Kier molecular flexibility index (Phi) is 6.41. The number of aliphatic carboxylic acids is 1. The zero-order valence-corrected chi connectivity index (χ0v) is 12.6. The summed E-state index contributed by atoms with van der Waals surface area (Å²) in [7, 11) is 0. The van der Waals surface area contributed by atoms with Crippen molar-refractivity contribution in [3.05, 3.63) is 34.3 Å². The minimum absolute atomic E-state index is 0.287. The molecule has 0 bridgehead atoms. The van der Waals surface area contributed by atoms with Gasteiger partial charge in [0.25, 0.3) is 0 Å². The average molecular weight is 313 g/mol. The molecule has 1 aromatic carbocycles. The first-order chi connectivity index (χ1) is 8.54. The molecule has 0 saturated heterocycles. The summed E-state index contributed by atoms with van der Waals surface area (Å²) >= 11 is 3.48. The van der Waals surface area contributed by atoms with E-state index in [0.717, 1.165) is 29.3 Å². The molecule has 0 radical (unpaired) electrons. The second-order valence-electron chi connectivity index (χ2n) is 4.96. The molecule has 0 heterocycles. The van der Waals surface area contributed by atoms with Gasteiger partial charge in [0.2, 0.25) is 0 Å². The maximum absolute atomic E-state index is 11.3. The van der Waals surface area contributed by atoms with E-state index in [4.69, 9.17) is 0 Å². The zero-order chi connectivity index (χ0) is 13.5. The molecule has 2 unspecified atom stereocenters. The molecule has 0 spiro atoms. The number of rotatable bonds is 7. The molecule has 0 amide bonds. The van der Waals surface area contributed by atoms with Gasteiger partial charge >= 0.3 is 5.97 Å². The number of hydrogen-bond donors (Lipinski definition) is 1. The van der Waals surface area contributed by atoms with Crippen molar-refractivity contribution >= 4 is 21.9 Å². The van der Waals surface area contributed by atoms with Crippen molar-refractivity contribution in [1.82, 2.24) is 0 Å². The highest BCUT2D eigenvalue weighted by atomic mass is 79.9. The van der Waals surface area contributed by atoms with Gasteiger partial charge in [0.15, 0.2) is 0 Å². The molecule has 1 N–H and O–H groups in total. The van der Waals surface area contributed by atoms with E-state index in [0.29, 0.717) is 12.3 Å². The quantitative estimate of drug-likeness (QED) is 0.803. The van der Waals surface area contributed by atoms with Gasteiger partial charge in [0, 0.05) is 4.47 Å². The van der Waals surface area contributed by atoms with Crippen LogP contribution in [-0.4, -0.2) is 11.1 Å². The van der Waals surface area contributed by atoms with E-state index in [9.17, 15) is 9.90 Å². The molecular weight excluding hydrogens is 292 g/mol. The Labute approximate surface area is 118 Å². The van der Waals surface area contributed by atoms with Gasteiger partial charge in [-0.05, 0) is 30.4 Å². The van der Waals surface area contributed by atoms with Crippen LogP contribution in [0.25, 0.3) is 0 Å². The van der Waals surface area contributed by atoms with Crippen molar-refractivity contribution < 1.29 is 9.90 Å². The first kappa shape index (κ1) is 15.2. The lowest BCUT2D eigenvalue weighted by molar-refractivity contribution is -0.142. The monoisotopic (exact) mass is 312 g/mol. The predicted octanol–water partition coefficient (Wildman–Crippen LogP) is 4.52. The summed E-state index contributed by atoms with van der Waals surface area (Å²) in [6.45, 7) is 4.28. The molecule has 2 nitrogen and oxygen atoms in total. The van der Waals surface area contributed by atoms with Crippen molar-refractivity contribution in [3.8, 4) is 0 Å². The van der Waals surface area contributed by atoms with Crippen molar-refractivity contribution in [2.75, 3.05) is 0 Å². The van der Waals surface area contributed by atoms with Crippen molar-refractivity contribution in [3.63, 3.8) is 0 Å². The summed E-state index contributed by atoms with van der Waals surface area (Å²) in [5.41, 5.74) is 1.08. The maximum Gasteiger partial charge on any atom is 0.306 e. The van der Waals surface area contributed by atoms with E-state index in [1.54, 1.807) is 0 Å². The molecule has 0 fully saturated rings. The van der Waals surface area contributed by atoms with Crippen molar-refractivity contribution in [2.24, 2.45) is 11.8 Å². The second kappa shape index (κ2) is 7.57. The van der Waals surface area contributed by atoms with Gasteiger partial charge in [0.05, 0.1) is 5.92 Å². The lowest BCUT2D eigenvalue weighted by Gasteiger charge is -2.17. The topological polar surface area (TPSA) is 37.3 Å². The number of carboxylic acids is 1. The lowest BCUT2D eigenvalue weighted by Crippen LogP contribution is -2.19. The molecule has 3 heteroatoms. The first-order valence-electron chi connectivity index (χ1n) is 6.50. The van der Waals surface area contributed by atoms with E-state index in [2.05, 4.69) is 29.8 Å².